The summed E-state index contributed by atoms with van der Waals surface area (Å²) in [5.41, 5.74) is 2.59. The molecule has 5 nitrogen and oxygen atoms in total. The summed E-state index contributed by atoms with van der Waals surface area (Å²) in [6.45, 7) is 6.13. The molecule has 5 heteroatoms. The van der Waals surface area contributed by atoms with Crippen molar-refractivity contribution < 1.29 is 4.79 Å². The van der Waals surface area contributed by atoms with Gasteiger partial charge in [0, 0.05) is 49.6 Å². The molecule has 156 valence electrons. The molecule has 5 atom stereocenters. The van der Waals surface area contributed by atoms with Crippen molar-refractivity contribution in [2.24, 2.45) is 29.6 Å². The van der Waals surface area contributed by atoms with E-state index in [1.54, 1.807) is 6.20 Å². The number of ketones is 1. The lowest BCUT2D eigenvalue weighted by Gasteiger charge is -2.55. The van der Waals surface area contributed by atoms with Crippen LogP contribution >= 0.6 is 0 Å². The Kier molecular flexibility index (Phi) is 5.08. The van der Waals surface area contributed by atoms with Crippen LogP contribution in [0.4, 0.5) is 0 Å². The van der Waals surface area contributed by atoms with E-state index in [-0.39, 0.29) is 17.8 Å². The molecular formula is C25H30N4O. The van der Waals surface area contributed by atoms with E-state index in [1.165, 1.54) is 12.0 Å². The molecule has 30 heavy (non-hydrogen) atoms. The Balaban J connectivity index is 1.35. The van der Waals surface area contributed by atoms with E-state index in [9.17, 15) is 10.1 Å². The van der Waals surface area contributed by atoms with Gasteiger partial charge in [-0.2, -0.15) is 5.26 Å². The zero-order valence-electron chi connectivity index (χ0n) is 17.8. The van der Waals surface area contributed by atoms with Gasteiger partial charge in [-0.25, -0.2) is 0 Å². The van der Waals surface area contributed by atoms with Crippen LogP contribution in [0.2, 0.25) is 0 Å². The molecule has 1 aromatic heterocycles. The number of pyridine rings is 1. The van der Waals surface area contributed by atoms with Crippen molar-refractivity contribution in [2.45, 2.75) is 25.7 Å². The summed E-state index contributed by atoms with van der Waals surface area (Å²) in [5, 5.41) is 14.0. The Morgan fingerprint density at radius 3 is 2.80 bits per heavy atom. The Morgan fingerprint density at radius 1 is 1.23 bits per heavy atom. The summed E-state index contributed by atoms with van der Waals surface area (Å²) < 4.78 is 0. The summed E-state index contributed by atoms with van der Waals surface area (Å²) in [4.78, 5) is 20.4. The summed E-state index contributed by atoms with van der Waals surface area (Å²) in [7, 11) is 2.20. The highest BCUT2D eigenvalue weighted by Crippen LogP contribution is 2.50. The van der Waals surface area contributed by atoms with Crippen LogP contribution in [-0.4, -0.2) is 48.9 Å². The normalized spacial score (nSPS) is 32.2. The first-order chi connectivity index (χ1) is 14.6. The van der Waals surface area contributed by atoms with Gasteiger partial charge < -0.3 is 10.2 Å². The molecule has 1 aromatic carbocycles. The van der Waals surface area contributed by atoms with Crippen LogP contribution in [0.25, 0.3) is 10.9 Å². The summed E-state index contributed by atoms with van der Waals surface area (Å²) in [6.07, 6.45) is 3.93. The number of nitrogens with zero attached hydrogens (tertiary/aromatic N) is 3. The standard InChI is InChI=1S/C25H30N4O/c1-15(23-19-9-20(23)14-29(2)13-19)25(30)18-8-17(11-27-12-18)21-6-5-16(10-26)24-22(21)4-3-7-28-24/h3-7,15,17-20,23,27H,8-9,11-14H2,1-2H3/t15?,17-,18+,19?,20?,23?/m0/s1. The van der Waals surface area contributed by atoms with E-state index in [2.05, 4.69) is 47.4 Å². The summed E-state index contributed by atoms with van der Waals surface area (Å²) in [5.74, 6) is 2.93. The Labute approximate surface area is 178 Å². The molecule has 2 saturated heterocycles. The van der Waals surface area contributed by atoms with Crippen molar-refractivity contribution in [3.63, 3.8) is 0 Å². The number of fused-ring (bicyclic) bond motifs is 3. The zero-order chi connectivity index (χ0) is 20.8. The number of nitrogens with one attached hydrogen (secondary N) is 1. The van der Waals surface area contributed by atoms with Crippen LogP contribution in [0.3, 0.4) is 0 Å². The lowest BCUT2D eigenvalue weighted by molar-refractivity contribution is -0.137. The fourth-order valence-electron chi connectivity index (χ4n) is 6.57. The average molecular weight is 403 g/mol. The van der Waals surface area contributed by atoms with Gasteiger partial charge in [-0.05, 0) is 61.3 Å². The second-order valence-corrected chi connectivity index (χ2v) is 9.75. The SMILES string of the molecule is CC(C(=O)[C@H]1CNC[C@@H](c2ccc(C#N)c3ncccc23)C1)C1C2CC1CN(C)C2. The van der Waals surface area contributed by atoms with Crippen LogP contribution < -0.4 is 5.32 Å². The van der Waals surface area contributed by atoms with E-state index in [0.29, 0.717) is 29.1 Å². The zero-order valence-corrected chi connectivity index (χ0v) is 17.8. The van der Waals surface area contributed by atoms with Crippen LogP contribution in [0.1, 0.15) is 36.8 Å². The number of hydrogen-bond acceptors (Lipinski definition) is 5. The van der Waals surface area contributed by atoms with Gasteiger partial charge in [0.05, 0.1) is 11.1 Å². The lowest BCUT2D eigenvalue weighted by atomic mass is 9.56. The summed E-state index contributed by atoms with van der Waals surface area (Å²) in [6, 6.07) is 10.2. The van der Waals surface area contributed by atoms with Gasteiger partial charge in [-0.1, -0.05) is 19.1 Å². The quantitative estimate of drug-likeness (QED) is 0.851. The average Bonchev–Trinajstić information content (AvgIpc) is 2.77. The molecule has 2 aliphatic heterocycles. The first-order valence-electron chi connectivity index (χ1n) is 11.3. The van der Waals surface area contributed by atoms with E-state index < -0.39 is 0 Å². The molecule has 3 aliphatic rings. The Bertz CT molecular complexity index is 1000. The molecule has 3 fully saturated rings. The fraction of sp³-hybridized carbons (Fsp3) is 0.560. The number of aromatic nitrogens is 1. The highest BCUT2D eigenvalue weighted by molar-refractivity contribution is 5.88. The lowest BCUT2D eigenvalue weighted by Crippen LogP contribution is -2.57. The molecular weight excluding hydrogens is 372 g/mol. The van der Waals surface area contributed by atoms with E-state index >= 15 is 0 Å². The number of piperidine rings is 3. The van der Waals surface area contributed by atoms with E-state index in [4.69, 9.17) is 0 Å². The van der Waals surface area contributed by atoms with Crippen molar-refractivity contribution in [3.05, 3.63) is 41.6 Å². The van der Waals surface area contributed by atoms with Gasteiger partial charge in [-0.15, -0.1) is 0 Å². The van der Waals surface area contributed by atoms with Gasteiger partial charge in [0.25, 0.3) is 0 Å². The number of carbonyl (C=O) groups is 1. The monoisotopic (exact) mass is 402 g/mol. The van der Waals surface area contributed by atoms with Crippen LogP contribution in [0, 0.1) is 40.9 Å². The Hall–Kier alpha value is -2.29. The number of rotatable bonds is 4. The van der Waals surface area contributed by atoms with Gasteiger partial charge in [0.15, 0.2) is 0 Å². The van der Waals surface area contributed by atoms with Crippen LogP contribution in [0.5, 0.6) is 0 Å². The molecule has 1 N–H and O–H groups in total. The molecule has 2 aromatic rings. The Morgan fingerprint density at radius 2 is 2.03 bits per heavy atom. The second-order valence-electron chi connectivity index (χ2n) is 9.75. The minimum atomic E-state index is 0.0696. The molecule has 3 unspecified atom stereocenters. The van der Waals surface area contributed by atoms with Crippen molar-refractivity contribution in [1.29, 1.82) is 5.26 Å². The molecule has 1 aliphatic carbocycles. The number of carbonyl (C=O) groups excluding carboxylic acids is 1. The van der Waals surface area contributed by atoms with Gasteiger partial charge in [-0.3, -0.25) is 9.78 Å². The van der Waals surface area contributed by atoms with Gasteiger partial charge >= 0.3 is 0 Å². The third kappa shape index (κ3) is 3.23. The van der Waals surface area contributed by atoms with Crippen LogP contribution in [0.15, 0.2) is 30.5 Å². The first-order valence-corrected chi connectivity index (χ1v) is 11.3. The molecule has 5 rings (SSSR count). The largest absolute Gasteiger partial charge is 0.315 e. The van der Waals surface area contributed by atoms with E-state index in [0.717, 1.165) is 43.5 Å². The molecule has 1 saturated carbocycles. The predicted octanol–water partition coefficient (Wildman–Crippen LogP) is 3.20. The minimum Gasteiger partial charge on any atom is -0.315 e. The van der Waals surface area contributed by atoms with Gasteiger partial charge in [0.1, 0.15) is 11.9 Å². The minimum absolute atomic E-state index is 0.0696. The number of hydrogen-bond donors (Lipinski definition) is 1. The maximum atomic E-state index is 13.5. The third-order valence-corrected chi connectivity index (χ3v) is 7.93. The van der Waals surface area contributed by atoms with Gasteiger partial charge in [0.2, 0.25) is 0 Å². The fourth-order valence-corrected chi connectivity index (χ4v) is 6.57. The van der Waals surface area contributed by atoms with Crippen LogP contribution in [-0.2, 0) is 4.79 Å². The maximum absolute atomic E-state index is 13.5. The molecule has 0 spiro atoms. The number of benzene rings is 1. The second kappa shape index (κ2) is 7.76. The molecule has 0 radical (unpaired) electrons. The highest BCUT2D eigenvalue weighted by atomic mass is 16.1. The number of likely N-dealkylation sites (tertiary alicyclic amines) is 1. The smallest absolute Gasteiger partial charge is 0.140 e. The van der Waals surface area contributed by atoms with Crippen molar-refractivity contribution >= 4 is 16.7 Å². The van der Waals surface area contributed by atoms with Crippen molar-refractivity contribution in [1.82, 2.24) is 15.2 Å². The third-order valence-electron chi connectivity index (χ3n) is 7.93. The number of Topliss-reactive ketones (excluding diaryl/α,β-unsaturated/α-hetero) is 1. The molecule has 2 bridgehead atoms. The number of nitriles is 1. The molecule has 0 amide bonds. The first kappa shape index (κ1) is 19.7. The predicted molar refractivity (Wildman–Crippen MR) is 117 cm³/mol. The summed E-state index contributed by atoms with van der Waals surface area (Å²) >= 11 is 0. The highest BCUT2D eigenvalue weighted by Gasteiger charge is 2.50. The maximum Gasteiger partial charge on any atom is 0.140 e. The van der Waals surface area contributed by atoms with Crippen molar-refractivity contribution in [2.75, 3.05) is 33.2 Å². The van der Waals surface area contributed by atoms with E-state index in [1.807, 2.05) is 12.1 Å². The van der Waals surface area contributed by atoms with Crippen molar-refractivity contribution in [3.8, 4) is 6.07 Å². The molecule has 3 heterocycles. The topological polar surface area (TPSA) is 69.0 Å².